The third-order valence-electron chi connectivity index (χ3n) is 4.63. The van der Waals surface area contributed by atoms with E-state index < -0.39 is 0 Å². The molecule has 0 aromatic carbocycles. The van der Waals surface area contributed by atoms with Crippen LogP contribution in [-0.2, 0) is 27.3 Å². The number of nitrogens with zero attached hydrogens (tertiary/aromatic N) is 3. The Morgan fingerprint density at radius 3 is 3.04 bits per heavy atom. The highest BCUT2D eigenvalue weighted by atomic mass is 16.5. The van der Waals surface area contributed by atoms with Crippen LogP contribution in [0, 0.1) is 5.92 Å². The lowest BCUT2D eigenvalue weighted by Gasteiger charge is -2.32. The van der Waals surface area contributed by atoms with E-state index in [0.717, 1.165) is 50.3 Å². The van der Waals surface area contributed by atoms with Crippen LogP contribution in [0.25, 0.3) is 0 Å². The molecule has 0 spiro atoms. The zero-order chi connectivity index (χ0) is 16.2. The van der Waals surface area contributed by atoms with Crippen LogP contribution >= 0.6 is 0 Å². The average molecular weight is 320 g/mol. The Labute approximate surface area is 136 Å². The lowest BCUT2D eigenvalue weighted by Crippen LogP contribution is -2.45. The Hall–Kier alpha value is -1.89. The number of imidazole rings is 1. The Balaban J connectivity index is 1.61. The third kappa shape index (κ3) is 3.55. The van der Waals surface area contributed by atoms with Crippen molar-refractivity contribution in [1.29, 1.82) is 0 Å². The number of methoxy groups -OCH3 is 1. The summed E-state index contributed by atoms with van der Waals surface area (Å²) in [6.45, 7) is 2.15. The summed E-state index contributed by atoms with van der Waals surface area (Å²) in [7, 11) is 1.51. The van der Waals surface area contributed by atoms with Crippen molar-refractivity contribution in [3.05, 3.63) is 12.0 Å². The highest BCUT2D eigenvalue weighted by Gasteiger charge is 2.29. The van der Waals surface area contributed by atoms with Crippen molar-refractivity contribution in [1.82, 2.24) is 14.5 Å². The molecule has 1 aromatic heterocycles. The lowest BCUT2D eigenvalue weighted by molar-refractivity contribution is -0.138. The van der Waals surface area contributed by atoms with Gasteiger partial charge < -0.3 is 19.5 Å². The maximum Gasteiger partial charge on any atom is 0.248 e. The fraction of sp³-hybridized carbons (Fsp3) is 0.688. The van der Waals surface area contributed by atoms with Gasteiger partial charge in [-0.25, -0.2) is 4.98 Å². The standard InChI is InChI=1S/C16H24N4O3/c1-23-11-15(21)19-7-4-5-12(10-19)16(22)18-14-9-17-13-6-2-3-8-20(13)14/h9,12H,2-8,10-11H2,1H3,(H,18,22)/t12-/m0/s1. The van der Waals surface area contributed by atoms with Crippen LogP contribution in [0.5, 0.6) is 0 Å². The maximum absolute atomic E-state index is 12.6. The van der Waals surface area contributed by atoms with E-state index >= 15 is 0 Å². The Bertz CT molecular complexity index is 584. The van der Waals surface area contributed by atoms with Crippen LogP contribution < -0.4 is 5.32 Å². The molecule has 2 aliphatic rings. The first-order valence-corrected chi connectivity index (χ1v) is 8.31. The highest BCUT2D eigenvalue weighted by molar-refractivity contribution is 5.92. The summed E-state index contributed by atoms with van der Waals surface area (Å²) in [6, 6.07) is 0. The largest absolute Gasteiger partial charge is 0.375 e. The first-order chi connectivity index (χ1) is 11.2. The van der Waals surface area contributed by atoms with Crippen molar-refractivity contribution in [3.63, 3.8) is 0 Å². The number of ether oxygens (including phenoxy) is 1. The molecule has 3 rings (SSSR count). The zero-order valence-corrected chi connectivity index (χ0v) is 13.6. The number of likely N-dealkylation sites (tertiary alicyclic amines) is 1. The van der Waals surface area contributed by atoms with E-state index in [2.05, 4.69) is 14.9 Å². The molecule has 1 N–H and O–H groups in total. The van der Waals surface area contributed by atoms with Gasteiger partial charge in [-0.05, 0) is 25.7 Å². The van der Waals surface area contributed by atoms with E-state index in [1.54, 1.807) is 11.1 Å². The summed E-state index contributed by atoms with van der Waals surface area (Å²) in [5.74, 6) is 1.59. The monoisotopic (exact) mass is 320 g/mol. The van der Waals surface area contributed by atoms with Crippen molar-refractivity contribution in [2.24, 2.45) is 5.92 Å². The van der Waals surface area contributed by atoms with Gasteiger partial charge in [0, 0.05) is 33.2 Å². The van der Waals surface area contributed by atoms with Crippen molar-refractivity contribution in [3.8, 4) is 0 Å². The topological polar surface area (TPSA) is 76.5 Å². The third-order valence-corrected chi connectivity index (χ3v) is 4.63. The molecule has 1 fully saturated rings. The van der Waals surface area contributed by atoms with Crippen molar-refractivity contribution in [2.45, 2.75) is 38.6 Å². The summed E-state index contributed by atoms with van der Waals surface area (Å²) in [4.78, 5) is 30.6. The molecule has 0 radical (unpaired) electrons. The first-order valence-electron chi connectivity index (χ1n) is 8.31. The van der Waals surface area contributed by atoms with E-state index in [9.17, 15) is 9.59 Å². The second-order valence-corrected chi connectivity index (χ2v) is 6.27. The number of rotatable bonds is 4. The SMILES string of the molecule is COCC(=O)N1CCC[C@H](C(=O)Nc2cnc3n2CCCC3)C1. The molecule has 0 saturated carbocycles. The number of carbonyl (C=O) groups is 2. The number of anilines is 1. The number of fused-ring (bicyclic) bond motifs is 1. The molecule has 3 heterocycles. The number of carbonyl (C=O) groups excluding carboxylic acids is 2. The molecule has 1 aromatic rings. The highest BCUT2D eigenvalue weighted by Crippen LogP contribution is 2.22. The minimum atomic E-state index is -0.167. The number of hydrogen-bond acceptors (Lipinski definition) is 4. The van der Waals surface area contributed by atoms with Gasteiger partial charge in [-0.15, -0.1) is 0 Å². The summed E-state index contributed by atoms with van der Waals surface area (Å²) < 4.78 is 6.99. The summed E-state index contributed by atoms with van der Waals surface area (Å²) in [5, 5.41) is 3.00. The summed E-state index contributed by atoms with van der Waals surface area (Å²) >= 11 is 0. The average Bonchev–Trinajstić information content (AvgIpc) is 2.98. The molecule has 1 saturated heterocycles. The van der Waals surface area contributed by atoms with E-state index in [0.29, 0.717) is 13.1 Å². The van der Waals surface area contributed by atoms with E-state index in [1.807, 2.05) is 0 Å². The van der Waals surface area contributed by atoms with Gasteiger partial charge in [-0.2, -0.15) is 0 Å². The quantitative estimate of drug-likeness (QED) is 0.899. The Kier molecular flexibility index (Phi) is 4.95. The Morgan fingerprint density at radius 1 is 1.35 bits per heavy atom. The van der Waals surface area contributed by atoms with Crippen LogP contribution in [0.2, 0.25) is 0 Å². The maximum atomic E-state index is 12.6. The van der Waals surface area contributed by atoms with Crippen molar-refractivity contribution in [2.75, 3.05) is 32.1 Å². The number of aromatic nitrogens is 2. The molecule has 2 aliphatic heterocycles. The normalized spacial score (nSPS) is 20.9. The molecule has 0 bridgehead atoms. The molecule has 0 unspecified atom stereocenters. The van der Waals surface area contributed by atoms with Gasteiger partial charge in [0.1, 0.15) is 18.2 Å². The van der Waals surface area contributed by atoms with Gasteiger partial charge in [0.15, 0.2) is 0 Å². The smallest absolute Gasteiger partial charge is 0.248 e. The van der Waals surface area contributed by atoms with Gasteiger partial charge in [0.25, 0.3) is 0 Å². The van der Waals surface area contributed by atoms with Crippen molar-refractivity contribution < 1.29 is 14.3 Å². The fourth-order valence-electron chi connectivity index (χ4n) is 3.38. The number of piperidine rings is 1. The van der Waals surface area contributed by atoms with Gasteiger partial charge in [0.05, 0.1) is 12.1 Å². The molecular weight excluding hydrogens is 296 g/mol. The summed E-state index contributed by atoms with van der Waals surface area (Å²) in [6.07, 6.45) is 6.65. The summed E-state index contributed by atoms with van der Waals surface area (Å²) in [5.41, 5.74) is 0. The van der Waals surface area contributed by atoms with Crippen LogP contribution in [0.3, 0.4) is 0 Å². The van der Waals surface area contributed by atoms with Crippen LogP contribution in [0.1, 0.15) is 31.5 Å². The number of hydrogen-bond donors (Lipinski definition) is 1. The predicted octanol–water partition coefficient (Wildman–Crippen LogP) is 1.04. The second kappa shape index (κ2) is 7.12. The van der Waals surface area contributed by atoms with E-state index in [4.69, 9.17) is 4.74 Å². The van der Waals surface area contributed by atoms with Gasteiger partial charge >= 0.3 is 0 Å². The minimum absolute atomic E-state index is 0.0202. The second-order valence-electron chi connectivity index (χ2n) is 6.27. The minimum Gasteiger partial charge on any atom is -0.375 e. The van der Waals surface area contributed by atoms with Crippen LogP contribution in [0.15, 0.2) is 6.20 Å². The van der Waals surface area contributed by atoms with Gasteiger partial charge in [-0.1, -0.05) is 0 Å². The van der Waals surface area contributed by atoms with Crippen molar-refractivity contribution >= 4 is 17.6 Å². The lowest BCUT2D eigenvalue weighted by atomic mass is 9.97. The van der Waals surface area contributed by atoms with Gasteiger partial charge in [-0.3, -0.25) is 9.59 Å². The molecule has 23 heavy (non-hydrogen) atoms. The molecule has 2 amide bonds. The molecule has 7 nitrogen and oxygen atoms in total. The number of aryl methyl sites for hydroxylation is 1. The molecule has 126 valence electrons. The van der Waals surface area contributed by atoms with E-state index in [-0.39, 0.29) is 24.3 Å². The molecular formula is C16H24N4O3. The molecule has 7 heteroatoms. The van der Waals surface area contributed by atoms with E-state index in [1.165, 1.54) is 7.11 Å². The molecule has 1 atom stereocenters. The van der Waals surface area contributed by atoms with Gasteiger partial charge in [0.2, 0.25) is 11.8 Å². The number of amides is 2. The fourth-order valence-corrected chi connectivity index (χ4v) is 3.38. The first kappa shape index (κ1) is 16.0. The van der Waals surface area contributed by atoms with Crippen LogP contribution in [0.4, 0.5) is 5.82 Å². The zero-order valence-electron chi connectivity index (χ0n) is 13.6. The molecule has 0 aliphatic carbocycles. The Morgan fingerprint density at radius 2 is 2.22 bits per heavy atom. The number of nitrogens with one attached hydrogen (secondary N) is 1. The van der Waals surface area contributed by atoms with Crippen LogP contribution in [-0.4, -0.2) is 53.1 Å². The predicted molar refractivity (Wildman–Crippen MR) is 85.0 cm³/mol.